The Hall–Kier alpha value is -2.95. The Balaban J connectivity index is 1.88. The second-order valence-corrected chi connectivity index (χ2v) is 4.88. The molecule has 0 heterocycles. The lowest BCUT2D eigenvalue weighted by molar-refractivity contribution is 0.0601. The summed E-state index contributed by atoms with van der Waals surface area (Å²) in [5.74, 6) is 1.13. The van der Waals surface area contributed by atoms with Gasteiger partial charge in [0.15, 0.2) is 0 Å². The van der Waals surface area contributed by atoms with Crippen molar-refractivity contribution in [2.24, 2.45) is 0 Å². The number of hydrogen-bond donors (Lipinski definition) is 2. The predicted octanol–water partition coefficient (Wildman–Crippen LogP) is 3.15. The number of hydrogen-bond acceptors (Lipinski definition) is 5. The molecule has 23 heavy (non-hydrogen) atoms. The molecule has 5 nitrogen and oxygen atoms in total. The van der Waals surface area contributed by atoms with E-state index in [1.807, 2.05) is 24.3 Å². The molecule has 2 rings (SSSR count). The number of carbonyl (C=O) groups excluding carboxylic acids is 1. The highest BCUT2D eigenvalue weighted by Gasteiger charge is 2.04. The summed E-state index contributed by atoms with van der Waals surface area (Å²) in [6, 6.07) is 14.8. The van der Waals surface area contributed by atoms with Crippen LogP contribution in [0.2, 0.25) is 0 Å². The summed E-state index contributed by atoms with van der Waals surface area (Å²) in [5, 5.41) is 6.33. The summed E-state index contributed by atoms with van der Waals surface area (Å²) in [5.41, 5.74) is 2.43. The van der Waals surface area contributed by atoms with Crippen LogP contribution in [-0.2, 0) is 11.3 Å². The molecule has 0 amide bonds. The molecule has 5 heteroatoms. The van der Waals surface area contributed by atoms with Crippen LogP contribution in [0.25, 0.3) is 0 Å². The fraction of sp³-hybridized carbons (Fsp3) is 0.167. The minimum Gasteiger partial charge on any atom is -0.497 e. The second-order valence-electron chi connectivity index (χ2n) is 4.88. The van der Waals surface area contributed by atoms with E-state index in [2.05, 4.69) is 21.9 Å². The van der Waals surface area contributed by atoms with Crippen molar-refractivity contribution < 1.29 is 14.3 Å². The van der Waals surface area contributed by atoms with Crippen LogP contribution in [0.15, 0.2) is 60.9 Å². The van der Waals surface area contributed by atoms with Crippen LogP contribution >= 0.6 is 0 Å². The lowest BCUT2D eigenvalue weighted by Crippen LogP contribution is -2.18. The molecule has 0 aliphatic rings. The van der Waals surface area contributed by atoms with Crippen LogP contribution in [-0.4, -0.2) is 20.2 Å². The first-order valence-electron chi connectivity index (χ1n) is 7.13. The molecule has 0 saturated heterocycles. The third-order valence-electron chi connectivity index (χ3n) is 3.24. The number of rotatable bonds is 7. The Kier molecular flexibility index (Phi) is 5.63. The Bertz CT molecular complexity index is 681. The summed E-state index contributed by atoms with van der Waals surface area (Å²) < 4.78 is 9.86. The van der Waals surface area contributed by atoms with Crippen molar-refractivity contribution >= 4 is 11.7 Å². The number of esters is 1. The van der Waals surface area contributed by atoms with Gasteiger partial charge in [-0.2, -0.15) is 0 Å². The maximum atomic E-state index is 11.4. The first kappa shape index (κ1) is 16.4. The topological polar surface area (TPSA) is 59.6 Å². The Morgan fingerprint density at radius 3 is 2.52 bits per heavy atom. The highest BCUT2D eigenvalue weighted by molar-refractivity contribution is 5.89. The largest absolute Gasteiger partial charge is 0.497 e. The van der Waals surface area contributed by atoms with E-state index >= 15 is 0 Å². The Labute approximate surface area is 135 Å². The van der Waals surface area contributed by atoms with Gasteiger partial charge in [0.2, 0.25) is 0 Å². The van der Waals surface area contributed by atoms with Gasteiger partial charge >= 0.3 is 5.97 Å². The third-order valence-corrected chi connectivity index (χ3v) is 3.24. The molecule has 0 atom stereocenters. The molecule has 0 aliphatic heterocycles. The minimum absolute atomic E-state index is 0.355. The molecule has 120 valence electrons. The van der Waals surface area contributed by atoms with Crippen LogP contribution in [0.5, 0.6) is 5.75 Å². The predicted molar refractivity (Wildman–Crippen MR) is 90.4 cm³/mol. The molecule has 0 bridgehead atoms. The van der Waals surface area contributed by atoms with E-state index in [-0.39, 0.29) is 5.97 Å². The number of nitrogens with one attached hydrogen (secondary N) is 2. The molecular weight excluding hydrogens is 292 g/mol. The van der Waals surface area contributed by atoms with Crippen LogP contribution < -0.4 is 15.4 Å². The fourth-order valence-corrected chi connectivity index (χ4v) is 2.02. The van der Waals surface area contributed by atoms with Gasteiger partial charge in [-0.15, -0.1) is 0 Å². The third kappa shape index (κ3) is 4.78. The van der Waals surface area contributed by atoms with Gasteiger partial charge in [-0.3, -0.25) is 0 Å². The van der Waals surface area contributed by atoms with Crippen LogP contribution in [0.4, 0.5) is 5.69 Å². The van der Waals surface area contributed by atoms with E-state index in [1.54, 1.807) is 31.4 Å². The number of ether oxygens (including phenoxy) is 2. The van der Waals surface area contributed by atoms with Crippen LogP contribution in [0, 0.1) is 0 Å². The number of methoxy groups -OCH3 is 2. The summed E-state index contributed by atoms with van der Waals surface area (Å²) in [7, 11) is 3.00. The SMILES string of the molecule is C=C(NCc1cccc(OC)c1)Nc1ccc(C(=O)OC)cc1. The Morgan fingerprint density at radius 2 is 1.87 bits per heavy atom. The van der Waals surface area contributed by atoms with E-state index < -0.39 is 0 Å². The molecular formula is C18H20N2O3. The van der Waals surface area contributed by atoms with Gasteiger partial charge in [-0.1, -0.05) is 18.7 Å². The molecule has 0 aliphatic carbocycles. The quantitative estimate of drug-likeness (QED) is 0.769. The van der Waals surface area contributed by atoms with Crippen molar-refractivity contribution in [2.75, 3.05) is 19.5 Å². The standard InChI is InChI=1S/C18H20N2O3/c1-13(19-12-14-5-4-6-17(11-14)22-2)20-16-9-7-15(8-10-16)18(21)23-3/h4-11,19-20H,1,12H2,2-3H3. The monoisotopic (exact) mass is 312 g/mol. The molecule has 0 radical (unpaired) electrons. The first-order chi connectivity index (χ1) is 11.1. The maximum absolute atomic E-state index is 11.4. The summed E-state index contributed by atoms with van der Waals surface area (Å²) >= 11 is 0. The zero-order chi connectivity index (χ0) is 16.7. The molecule has 0 spiro atoms. The lowest BCUT2D eigenvalue weighted by atomic mass is 10.2. The molecule has 0 fully saturated rings. The zero-order valence-corrected chi connectivity index (χ0v) is 13.3. The normalized spacial score (nSPS) is 9.83. The van der Waals surface area contributed by atoms with E-state index in [1.165, 1.54) is 7.11 Å². The van der Waals surface area contributed by atoms with Crippen molar-refractivity contribution in [1.29, 1.82) is 0 Å². The van der Waals surface area contributed by atoms with Crippen molar-refractivity contribution in [2.45, 2.75) is 6.54 Å². The van der Waals surface area contributed by atoms with Crippen molar-refractivity contribution in [1.82, 2.24) is 5.32 Å². The number of anilines is 1. The van der Waals surface area contributed by atoms with Crippen LogP contribution in [0.3, 0.4) is 0 Å². The molecule has 0 aromatic heterocycles. The van der Waals surface area contributed by atoms with Gasteiger partial charge in [0, 0.05) is 12.2 Å². The molecule has 2 aromatic carbocycles. The van der Waals surface area contributed by atoms with Crippen molar-refractivity contribution in [3.63, 3.8) is 0 Å². The zero-order valence-electron chi connectivity index (χ0n) is 13.3. The average Bonchev–Trinajstić information content (AvgIpc) is 2.60. The second kappa shape index (κ2) is 7.89. The van der Waals surface area contributed by atoms with Crippen molar-refractivity contribution in [3.05, 3.63) is 72.1 Å². The minimum atomic E-state index is -0.355. The van der Waals surface area contributed by atoms with Gasteiger partial charge < -0.3 is 20.1 Å². The molecule has 2 N–H and O–H groups in total. The smallest absolute Gasteiger partial charge is 0.337 e. The van der Waals surface area contributed by atoms with Crippen molar-refractivity contribution in [3.8, 4) is 5.75 Å². The Morgan fingerprint density at radius 1 is 1.13 bits per heavy atom. The number of benzene rings is 2. The summed E-state index contributed by atoms with van der Waals surface area (Å²) in [4.78, 5) is 11.4. The van der Waals surface area contributed by atoms with Gasteiger partial charge in [-0.05, 0) is 42.0 Å². The average molecular weight is 312 g/mol. The molecule has 0 unspecified atom stereocenters. The van der Waals surface area contributed by atoms with Gasteiger partial charge in [0.05, 0.1) is 25.6 Å². The first-order valence-corrected chi connectivity index (χ1v) is 7.13. The van der Waals surface area contributed by atoms with E-state index in [0.717, 1.165) is 17.0 Å². The van der Waals surface area contributed by atoms with Gasteiger partial charge in [0.25, 0.3) is 0 Å². The van der Waals surface area contributed by atoms with E-state index in [9.17, 15) is 4.79 Å². The van der Waals surface area contributed by atoms with E-state index in [4.69, 9.17) is 4.74 Å². The molecule has 0 saturated carbocycles. The highest BCUT2D eigenvalue weighted by atomic mass is 16.5. The van der Waals surface area contributed by atoms with E-state index in [0.29, 0.717) is 17.9 Å². The fourth-order valence-electron chi connectivity index (χ4n) is 2.02. The number of carbonyl (C=O) groups is 1. The summed E-state index contributed by atoms with van der Waals surface area (Å²) in [6.07, 6.45) is 0. The maximum Gasteiger partial charge on any atom is 0.337 e. The highest BCUT2D eigenvalue weighted by Crippen LogP contribution is 2.14. The molecule has 2 aromatic rings. The summed E-state index contributed by atoms with van der Waals surface area (Å²) in [6.45, 7) is 4.56. The van der Waals surface area contributed by atoms with Gasteiger partial charge in [-0.25, -0.2) is 4.79 Å². The van der Waals surface area contributed by atoms with Gasteiger partial charge in [0.1, 0.15) is 5.75 Å². The van der Waals surface area contributed by atoms with Crippen LogP contribution in [0.1, 0.15) is 15.9 Å². The lowest BCUT2D eigenvalue weighted by Gasteiger charge is -2.13.